The molecule has 0 nitrogen and oxygen atoms in total. The molecule has 0 amide bonds. The largest absolute Gasteiger partial charge is 0.131 e. The van der Waals surface area contributed by atoms with Crippen molar-refractivity contribution in [3.05, 3.63) is 40.8 Å². The van der Waals surface area contributed by atoms with Gasteiger partial charge in [0, 0.05) is 0 Å². The number of hydrogen-bond donors (Lipinski definition) is 0. The Bertz CT molecular complexity index is 287. The minimum Gasteiger partial charge on any atom is -0.131 e. The van der Waals surface area contributed by atoms with E-state index in [1.807, 2.05) is 11.8 Å². The van der Waals surface area contributed by atoms with Crippen molar-refractivity contribution in [1.82, 2.24) is 0 Å². The summed E-state index contributed by atoms with van der Waals surface area (Å²) in [5, 5.41) is 0. The smallest absolute Gasteiger partial charge is 0.00517 e. The highest BCUT2D eigenvalue weighted by atomic mass is 32.2. The topological polar surface area (TPSA) is 0 Å². The summed E-state index contributed by atoms with van der Waals surface area (Å²) in [6.07, 6.45) is 6.12. The Hall–Kier alpha value is -0.690. The molecule has 82 valence electrons. The molecule has 0 fully saturated rings. The number of allylic oxidation sites excluding steroid dienone is 1. The van der Waals surface area contributed by atoms with Gasteiger partial charge in [-0.25, -0.2) is 0 Å². The lowest BCUT2D eigenvalue weighted by Gasteiger charge is -2.04. The maximum Gasteiger partial charge on any atom is -0.00517 e. The van der Waals surface area contributed by atoms with E-state index in [0.717, 1.165) is 0 Å². The van der Waals surface area contributed by atoms with Crippen molar-refractivity contribution in [3.63, 3.8) is 0 Å². The lowest BCUT2D eigenvalue weighted by molar-refractivity contribution is 0.810. The third-order valence-corrected chi connectivity index (χ3v) is 3.22. The first kappa shape index (κ1) is 12.4. The summed E-state index contributed by atoms with van der Waals surface area (Å²) in [5.41, 5.74) is 1.32. The molecule has 15 heavy (non-hydrogen) atoms. The van der Waals surface area contributed by atoms with Crippen LogP contribution in [0, 0.1) is 0 Å². The van der Waals surface area contributed by atoms with Gasteiger partial charge >= 0.3 is 0 Å². The first-order valence-corrected chi connectivity index (χ1v) is 6.73. The van der Waals surface area contributed by atoms with Crippen LogP contribution in [0.25, 0.3) is 6.08 Å². The van der Waals surface area contributed by atoms with Gasteiger partial charge in [0.1, 0.15) is 0 Å². The molecular formula is C14H20S. The SMILES string of the molecule is CCCC/C(=C\c1ccccc1)SCC. The van der Waals surface area contributed by atoms with Gasteiger partial charge in [0.05, 0.1) is 0 Å². The van der Waals surface area contributed by atoms with Crippen LogP contribution in [0.2, 0.25) is 0 Å². The molecule has 0 aliphatic rings. The predicted molar refractivity (Wildman–Crippen MR) is 72.1 cm³/mol. The van der Waals surface area contributed by atoms with Crippen LogP contribution in [0.4, 0.5) is 0 Å². The van der Waals surface area contributed by atoms with Crippen molar-refractivity contribution in [3.8, 4) is 0 Å². The number of benzene rings is 1. The van der Waals surface area contributed by atoms with Crippen LogP contribution in [0.3, 0.4) is 0 Å². The molecule has 0 aromatic heterocycles. The zero-order chi connectivity index (χ0) is 10.9. The molecule has 0 bridgehead atoms. The Kier molecular flexibility index (Phi) is 6.26. The van der Waals surface area contributed by atoms with Crippen LogP contribution in [-0.4, -0.2) is 5.75 Å². The minimum atomic E-state index is 1.17. The summed E-state index contributed by atoms with van der Waals surface area (Å²) in [7, 11) is 0. The van der Waals surface area contributed by atoms with Gasteiger partial charge in [-0.1, -0.05) is 50.6 Å². The molecule has 1 heteroatoms. The second kappa shape index (κ2) is 7.58. The molecule has 1 aromatic rings. The van der Waals surface area contributed by atoms with E-state index in [0.29, 0.717) is 0 Å². The average molecular weight is 220 g/mol. The molecule has 0 saturated heterocycles. The van der Waals surface area contributed by atoms with Crippen molar-refractivity contribution >= 4 is 17.8 Å². The number of rotatable bonds is 6. The van der Waals surface area contributed by atoms with Gasteiger partial charge in [-0.15, -0.1) is 11.8 Å². The molecule has 0 aliphatic carbocycles. The molecule has 0 spiro atoms. The van der Waals surface area contributed by atoms with E-state index < -0.39 is 0 Å². The minimum absolute atomic E-state index is 1.17. The molecule has 0 saturated carbocycles. The van der Waals surface area contributed by atoms with Crippen LogP contribution in [-0.2, 0) is 0 Å². The Morgan fingerprint density at radius 3 is 2.53 bits per heavy atom. The summed E-state index contributed by atoms with van der Waals surface area (Å²) in [5.74, 6) is 1.17. The van der Waals surface area contributed by atoms with E-state index in [1.165, 1.54) is 35.5 Å². The fourth-order valence-corrected chi connectivity index (χ4v) is 2.34. The molecule has 1 aromatic carbocycles. The van der Waals surface area contributed by atoms with E-state index in [4.69, 9.17) is 0 Å². The predicted octanol–water partition coefficient (Wildman–Crippen LogP) is 4.97. The first-order chi connectivity index (χ1) is 7.36. The second-order valence-electron chi connectivity index (χ2n) is 3.56. The molecule has 0 unspecified atom stereocenters. The fourth-order valence-electron chi connectivity index (χ4n) is 1.46. The van der Waals surface area contributed by atoms with Crippen LogP contribution in [0.15, 0.2) is 35.2 Å². The Labute approximate surface area is 97.8 Å². The highest BCUT2D eigenvalue weighted by Gasteiger charge is 1.97. The van der Waals surface area contributed by atoms with E-state index in [9.17, 15) is 0 Å². The van der Waals surface area contributed by atoms with Crippen LogP contribution in [0.1, 0.15) is 38.7 Å². The van der Waals surface area contributed by atoms with Crippen LogP contribution < -0.4 is 0 Å². The second-order valence-corrected chi connectivity index (χ2v) is 4.95. The summed E-state index contributed by atoms with van der Waals surface area (Å²) < 4.78 is 0. The monoisotopic (exact) mass is 220 g/mol. The van der Waals surface area contributed by atoms with Gasteiger partial charge in [0.25, 0.3) is 0 Å². The Morgan fingerprint density at radius 2 is 1.93 bits per heavy atom. The van der Waals surface area contributed by atoms with Gasteiger partial charge in [0.15, 0.2) is 0 Å². The van der Waals surface area contributed by atoms with Gasteiger partial charge in [0.2, 0.25) is 0 Å². The number of hydrogen-bond acceptors (Lipinski definition) is 1. The molecule has 0 aliphatic heterocycles. The summed E-state index contributed by atoms with van der Waals surface area (Å²) in [6.45, 7) is 4.46. The van der Waals surface area contributed by atoms with Gasteiger partial charge in [-0.2, -0.15) is 0 Å². The maximum atomic E-state index is 2.32. The maximum absolute atomic E-state index is 2.32. The summed E-state index contributed by atoms with van der Waals surface area (Å²) in [4.78, 5) is 1.52. The highest BCUT2D eigenvalue weighted by Crippen LogP contribution is 2.24. The molecular weight excluding hydrogens is 200 g/mol. The summed E-state index contributed by atoms with van der Waals surface area (Å²) in [6, 6.07) is 10.6. The Morgan fingerprint density at radius 1 is 1.20 bits per heavy atom. The van der Waals surface area contributed by atoms with Crippen molar-refractivity contribution in [1.29, 1.82) is 0 Å². The lowest BCUT2D eigenvalue weighted by Crippen LogP contribution is -1.81. The normalized spacial score (nSPS) is 11.7. The number of unbranched alkanes of at least 4 members (excludes halogenated alkanes) is 1. The van der Waals surface area contributed by atoms with Crippen LogP contribution in [0.5, 0.6) is 0 Å². The third kappa shape index (κ3) is 5.08. The van der Waals surface area contributed by atoms with Crippen molar-refractivity contribution < 1.29 is 0 Å². The highest BCUT2D eigenvalue weighted by molar-refractivity contribution is 8.03. The first-order valence-electron chi connectivity index (χ1n) is 5.75. The molecule has 0 radical (unpaired) electrons. The van der Waals surface area contributed by atoms with Crippen LogP contribution >= 0.6 is 11.8 Å². The average Bonchev–Trinajstić information content (AvgIpc) is 2.28. The van der Waals surface area contributed by atoms with E-state index in [2.05, 4.69) is 50.3 Å². The van der Waals surface area contributed by atoms with Gasteiger partial charge in [-0.3, -0.25) is 0 Å². The molecule has 0 heterocycles. The lowest BCUT2D eigenvalue weighted by atomic mass is 10.1. The van der Waals surface area contributed by atoms with Gasteiger partial charge in [-0.05, 0) is 35.1 Å². The zero-order valence-corrected chi connectivity index (χ0v) is 10.5. The third-order valence-electron chi connectivity index (χ3n) is 2.23. The van der Waals surface area contributed by atoms with Gasteiger partial charge < -0.3 is 0 Å². The quantitative estimate of drug-likeness (QED) is 0.652. The van der Waals surface area contributed by atoms with E-state index in [-0.39, 0.29) is 0 Å². The van der Waals surface area contributed by atoms with Crippen molar-refractivity contribution in [2.75, 3.05) is 5.75 Å². The van der Waals surface area contributed by atoms with Crippen molar-refractivity contribution in [2.45, 2.75) is 33.1 Å². The van der Waals surface area contributed by atoms with E-state index >= 15 is 0 Å². The van der Waals surface area contributed by atoms with Crippen molar-refractivity contribution in [2.24, 2.45) is 0 Å². The fraction of sp³-hybridized carbons (Fsp3) is 0.429. The van der Waals surface area contributed by atoms with E-state index in [1.54, 1.807) is 0 Å². The summed E-state index contributed by atoms with van der Waals surface area (Å²) >= 11 is 1.97. The molecule has 1 rings (SSSR count). The Balaban J connectivity index is 2.65. The number of thioether (sulfide) groups is 1. The molecule has 0 atom stereocenters. The zero-order valence-electron chi connectivity index (χ0n) is 9.70. The standard InChI is InChI=1S/C14H20S/c1-3-5-11-14(15-4-2)12-13-9-7-6-8-10-13/h6-10,12H,3-5,11H2,1-2H3/b14-12+. The molecule has 0 N–H and O–H groups in total.